The molecule has 154 valence electrons. The molecule has 1 fully saturated rings. The minimum Gasteiger partial charge on any atom is -0.345 e. The average Bonchev–Trinajstić information content (AvgIpc) is 2.62. The first kappa shape index (κ1) is 20.6. The first-order chi connectivity index (χ1) is 13.4. The molecule has 1 saturated heterocycles. The number of rotatable bonds is 3. The number of aryl methyl sites for hydroxylation is 1. The maximum atomic E-state index is 14.6. The van der Waals surface area contributed by atoms with Crippen molar-refractivity contribution in [3.05, 3.63) is 53.1 Å². The average molecular weight is 424 g/mol. The molecule has 1 aromatic carbocycles. The molecule has 0 bridgehead atoms. The predicted octanol–water partition coefficient (Wildman–Crippen LogP) is 1.33. The molecule has 0 spiro atoms. The lowest BCUT2D eigenvalue weighted by atomic mass is 9.92. The van der Waals surface area contributed by atoms with E-state index in [-0.39, 0.29) is 16.9 Å². The molecule has 3 N–H and O–H groups in total. The molecule has 2 heterocycles. The minimum atomic E-state index is -3.93. The number of benzene rings is 1. The number of hydrogen-bond donors (Lipinski definition) is 3. The van der Waals surface area contributed by atoms with E-state index in [4.69, 9.17) is 5.41 Å². The molecule has 1 atom stereocenters. The van der Waals surface area contributed by atoms with E-state index in [0.717, 1.165) is 12.1 Å². The van der Waals surface area contributed by atoms with Crippen LogP contribution in [0.4, 0.5) is 14.5 Å². The van der Waals surface area contributed by atoms with E-state index in [1.165, 1.54) is 26.4 Å². The van der Waals surface area contributed by atoms with Crippen LogP contribution in [0.2, 0.25) is 0 Å². The molecule has 2 aromatic rings. The normalized spacial score (nSPS) is 20.9. The summed E-state index contributed by atoms with van der Waals surface area (Å²) in [7, 11) is -2.75. The summed E-state index contributed by atoms with van der Waals surface area (Å²) in [5, 5.41) is 12.8. The second-order valence-corrected chi connectivity index (χ2v) is 8.85. The summed E-state index contributed by atoms with van der Waals surface area (Å²) in [6.07, 6.45) is 2.62. The summed E-state index contributed by atoms with van der Waals surface area (Å²) in [5.74, 6) is -4.35. The summed E-state index contributed by atoms with van der Waals surface area (Å²) in [6, 6.07) is 1.90. The quantitative estimate of drug-likeness (QED) is 0.682. The highest BCUT2D eigenvalue weighted by Crippen LogP contribution is 2.32. The molecule has 0 aliphatic carbocycles. The van der Waals surface area contributed by atoms with Gasteiger partial charge in [0.15, 0.2) is 11.6 Å². The highest BCUT2D eigenvalue weighted by molar-refractivity contribution is 7.89. The summed E-state index contributed by atoms with van der Waals surface area (Å²) in [4.78, 5) is 20.2. The number of halogens is 2. The molecule has 0 unspecified atom stereocenters. The largest absolute Gasteiger partial charge is 0.345 e. The zero-order chi connectivity index (χ0) is 21.6. The van der Waals surface area contributed by atoms with Gasteiger partial charge in [-0.3, -0.25) is 15.2 Å². The van der Waals surface area contributed by atoms with E-state index in [2.05, 4.69) is 20.6 Å². The van der Waals surface area contributed by atoms with E-state index in [0.29, 0.717) is 10.00 Å². The first-order valence-corrected chi connectivity index (χ1v) is 9.97. The van der Waals surface area contributed by atoms with E-state index < -0.39 is 44.8 Å². The number of carbonyl (C=O) groups excluding carboxylic acids is 1. The van der Waals surface area contributed by atoms with Crippen LogP contribution >= 0.6 is 0 Å². The van der Waals surface area contributed by atoms with E-state index >= 15 is 0 Å². The van der Waals surface area contributed by atoms with Gasteiger partial charge in [0.05, 0.1) is 23.2 Å². The first-order valence-electron chi connectivity index (χ1n) is 8.36. The number of nitrogens with zero attached hydrogens (tertiary/aromatic N) is 3. The van der Waals surface area contributed by atoms with Crippen LogP contribution in [0.15, 0.2) is 24.5 Å². The van der Waals surface area contributed by atoms with Crippen LogP contribution in [-0.2, 0) is 15.6 Å². The van der Waals surface area contributed by atoms with Gasteiger partial charge in [0.1, 0.15) is 5.69 Å². The number of aromatic nitrogens is 2. The number of carbonyl (C=O) groups is 1. The molecule has 0 radical (unpaired) electrons. The molecule has 9 nitrogen and oxygen atoms in total. The Morgan fingerprint density at radius 2 is 2.00 bits per heavy atom. The maximum Gasteiger partial charge on any atom is 0.275 e. The third-order valence-electron chi connectivity index (χ3n) is 4.49. The van der Waals surface area contributed by atoms with Gasteiger partial charge in [-0.1, -0.05) is 0 Å². The van der Waals surface area contributed by atoms with Crippen LogP contribution < -0.4 is 10.6 Å². The standard InChI is InChI=1S/C17H18F2N6O3S/c1-9-6-22-13(7-21-9)15(26)23-10-4-11(14(19)12(18)5-10)17(2)8-29(27,28)25(3)16(20)24-17/h4-7H,8H2,1-3H3,(H2,20,24)(H,23,26)/t17-/m0/s1. The predicted molar refractivity (Wildman–Crippen MR) is 101 cm³/mol. The number of hydrogen-bond acceptors (Lipinski definition) is 6. The van der Waals surface area contributed by atoms with Crippen LogP contribution in [-0.4, -0.2) is 47.4 Å². The Kier molecular flexibility index (Phi) is 4.99. The molecular formula is C17H18F2N6O3S. The van der Waals surface area contributed by atoms with Crippen molar-refractivity contribution in [3.8, 4) is 0 Å². The lowest BCUT2D eigenvalue weighted by Gasteiger charge is -2.40. The Morgan fingerprint density at radius 1 is 1.31 bits per heavy atom. The lowest BCUT2D eigenvalue weighted by Crippen LogP contribution is -2.61. The fraction of sp³-hybridized carbons (Fsp3) is 0.294. The van der Waals surface area contributed by atoms with Crippen molar-refractivity contribution >= 4 is 27.6 Å². The number of guanidine groups is 1. The van der Waals surface area contributed by atoms with Crippen LogP contribution in [0.25, 0.3) is 0 Å². The molecule has 1 aliphatic rings. The third kappa shape index (κ3) is 3.88. The smallest absolute Gasteiger partial charge is 0.275 e. The second-order valence-electron chi connectivity index (χ2n) is 6.85. The monoisotopic (exact) mass is 424 g/mol. The Balaban J connectivity index is 1.99. The van der Waals surface area contributed by atoms with Crippen LogP contribution in [0, 0.1) is 24.0 Å². The summed E-state index contributed by atoms with van der Waals surface area (Å²) in [5.41, 5.74) is -1.50. The molecule has 1 amide bonds. The van der Waals surface area contributed by atoms with Crippen molar-refractivity contribution in [2.75, 3.05) is 18.1 Å². The van der Waals surface area contributed by atoms with Crippen molar-refractivity contribution in [3.63, 3.8) is 0 Å². The molecular weight excluding hydrogens is 406 g/mol. The number of nitrogens with one attached hydrogen (secondary N) is 3. The van der Waals surface area contributed by atoms with E-state index in [9.17, 15) is 22.0 Å². The Bertz CT molecular complexity index is 1110. The fourth-order valence-electron chi connectivity index (χ4n) is 2.89. The molecule has 12 heteroatoms. The molecule has 1 aromatic heterocycles. The number of sulfonamides is 1. The third-order valence-corrected chi connectivity index (χ3v) is 6.45. The van der Waals surface area contributed by atoms with Gasteiger partial charge < -0.3 is 10.6 Å². The van der Waals surface area contributed by atoms with Gasteiger partial charge >= 0.3 is 0 Å². The van der Waals surface area contributed by atoms with Gasteiger partial charge in [-0.2, -0.15) is 0 Å². The number of amides is 1. The van der Waals surface area contributed by atoms with Gasteiger partial charge in [-0.05, 0) is 19.9 Å². The summed E-state index contributed by atoms with van der Waals surface area (Å²) < 4.78 is 54.1. The van der Waals surface area contributed by atoms with Crippen LogP contribution in [0.1, 0.15) is 28.7 Å². The second kappa shape index (κ2) is 7.03. The maximum absolute atomic E-state index is 14.6. The lowest BCUT2D eigenvalue weighted by molar-refractivity contribution is 0.102. The van der Waals surface area contributed by atoms with Crippen molar-refractivity contribution in [1.82, 2.24) is 19.6 Å². The number of anilines is 1. The van der Waals surface area contributed by atoms with Gasteiger partial charge in [-0.15, -0.1) is 0 Å². The van der Waals surface area contributed by atoms with Crippen LogP contribution in [0.5, 0.6) is 0 Å². The van der Waals surface area contributed by atoms with Gasteiger partial charge in [0.2, 0.25) is 16.0 Å². The highest BCUT2D eigenvalue weighted by atomic mass is 32.2. The summed E-state index contributed by atoms with van der Waals surface area (Å²) in [6.45, 7) is 3.03. The SMILES string of the molecule is Cc1cnc(C(=O)Nc2cc(F)c(F)c([C@]3(C)CS(=O)(=O)N(C)C(=N)N3)c2)cn1. The van der Waals surface area contributed by atoms with E-state index in [1.807, 2.05) is 0 Å². The van der Waals surface area contributed by atoms with Crippen molar-refractivity contribution in [1.29, 1.82) is 5.41 Å². The van der Waals surface area contributed by atoms with Gasteiger partial charge in [0.25, 0.3) is 5.91 Å². The van der Waals surface area contributed by atoms with Gasteiger partial charge in [0, 0.05) is 30.6 Å². The van der Waals surface area contributed by atoms with Gasteiger partial charge in [-0.25, -0.2) is 26.5 Å². The molecule has 3 rings (SSSR count). The fourth-order valence-corrected chi connectivity index (χ4v) is 4.36. The Morgan fingerprint density at radius 3 is 2.59 bits per heavy atom. The highest BCUT2D eigenvalue weighted by Gasteiger charge is 2.44. The molecule has 1 aliphatic heterocycles. The topological polar surface area (TPSA) is 128 Å². The van der Waals surface area contributed by atoms with Crippen molar-refractivity contribution < 1.29 is 22.0 Å². The van der Waals surface area contributed by atoms with Crippen LogP contribution in [0.3, 0.4) is 0 Å². The molecule has 0 saturated carbocycles. The van der Waals surface area contributed by atoms with Crippen molar-refractivity contribution in [2.24, 2.45) is 0 Å². The Labute approximate surface area is 165 Å². The van der Waals surface area contributed by atoms with E-state index in [1.54, 1.807) is 6.92 Å². The van der Waals surface area contributed by atoms with Crippen molar-refractivity contribution in [2.45, 2.75) is 19.4 Å². The molecule has 29 heavy (non-hydrogen) atoms. The zero-order valence-electron chi connectivity index (χ0n) is 15.7. The summed E-state index contributed by atoms with van der Waals surface area (Å²) >= 11 is 0. The zero-order valence-corrected chi connectivity index (χ0v) is 16.6. The minimum absolute atomic E-state index is 0.0325. The Hall–Kier alpha value is -3.15.